The molecule has 5 heteroatoms. The number of carbonyl (C=O) groups excluding carboxylic acids is 1. The van der Waals surface area contributed by atoms with Crippen molar-refractivity contribution in [3.63, 3.8) is 0 Å². The van der Waals surface area contributed by atoms with E-state index < -0.39 is 0 Å². The third-order valence-corrected chi connectivity index (χ3v) is 4.71. The first-order valence-corrected chi connectivity index (χ1v) is 8.12. The lowest BCUT2D eigenvalue weighted by Gasteiger charge is -2.33. The Kier molecular flexibility index (Phi) is 4.41. The summed E-state index contributed by atoms with van der Waals surface area (Å²) in [5.74, 6) is 0.893. The molecule has 1 aromatic heterocycles. The van der Waals surface area contributed by atoms with Gasteiger partial charge in [0.1, 0.15) is 0 Å². The van der Waals surface area contributed by atoms with Crippen molar-refractivity contribution in [2.75, 3.05) is 13.1 Å². The van der Waals surface area contributed by atoms with E-state index in [1.807, 2.05) is 11.8 Å². The summed E-state index contributed by atoms with van der Waals surface area (Å²) in [6, 6.07) is 3.32. The van der Waals surface area contributed by atoms with E-state index in [0.29, 0.717) is 18.4 Å². The summed E-state index contributed by atoms with van der Waals surface area (Å²) in [6.45, 7) is 4.17. The molecule has 3 rings (SSSR count). The molecular formula is C17H23N3O2. The van der Waals surface area contributed by atoms with Gasteiger partial charge in [-0.1, -0.05) is 12.2 Å². The van der Waals surface area contributed by atoms with E-state index in [2.05, 4.69) is 17.3 Å². The van der Waals surface area contributed by atoms with Crippen LogP contribution >= 0.6 is 0 Å². The molecular weight excluding hydrogens is 278 g/mol. The molecule has 118 valence electrons. The molecule has 0 unspecified atom stereocenters. The van der Waals surface area contributed by atoms with Crippen molar-refractivity contribution < 1.29 is 4.79 Å². The van der Waals surface area contributed by atoms with Gasteiger partial charge in [0.05, 0.1) is 5.69 Å². The number of rotatable bonds is 3. The third kappa shape index (κ3) is 3.29. The van der Waals surface area contributed by atoms with Gasteiger partial charge in [0.15, 0.2) is 0 Å². The summed E-state index contributed by atoms with van der Waals surface area (Å²) in [5, 5.41) is 4.30. The summed E-state index contributed by atoms with van der Waals surface area (Å²) in [7, 11) is 0. The molecule has 1 amide bonds. The van der Waals surface area contributed by atoms with Crippen molar-refractivity contribution in [2.24, 2.45) is 11.8 Å². The minimum Gasteiger partial charge on any atom is -0.342 e. The fourth-order valence-corrected chi connectivity index (χ4v) is 3.34. The first kappa shape index (κ1) is 15.0. The molecule has 2 aliphatic rings. The Hall–Kier alpha value is -1.91. The summed E-state index contributed by atoms with van der Waals surface area (Å²) in [6.07, 6.45) is 7.89. The summed E-state index contributed by atoms with van der Waals surface area (Å²) in [5.41, 5.74) is 0.821. The Balaban J connectivity index is 1.54. The Labute approximate surface area is 130 Å². The molecule has 1 saturated heterocycles. The van der Waals surface area contributed by atoms with Crippen molar-refractivity contribution in [1.82, 2.24) is 14.7 Å². The van der Waals surface area contributed by atoms with Crippen LogP contribution in [0.2, 0.25) is 0 Å². The molecule has 0 spiro atoms. The smallest absolute Gasteiger partial charge is 0.266 e. The highest BCUT2D eigenvalue weighted by atomic mass is 16.2. The molecule has 0 N–H and O–H groups in total. The second-order valence-electron chi connectivity index (χ2n) is 6.40. The molecule has 1 aliphatic carbocycles. The highest BCUT2D eigenvalue weighted by molar-refractivity contribution is 5.79. The van der Waals surface area contributed by atoms with Crippen molar-refractivity contribution in [2.45, 2.75) is 39.2 Å². The number of amides is 1. The molecule has 5 nitrogen and oxygen atoms in total. The number of carbonyl (C=O) groups is 1. The number of piperidine rings is 1. The van der Waals surface area contributed by atoms with Gasteiger partial charge in [-0.3, -0.25) is 9.59 Å². The van der Waals surface area contributed by atoms with Crippen LogP contribution in [0.25, 0.3) is 0 Å². The molecule has 22 heavy (non-hydrogen) atoms. The van der Waals surface area contributed by atoms with Gasteiger partial charge in [0.25, 0.3) is 5.56 Å². The normalized spacial score (nSPS) is 19.8. The second kappa shape index (κ2) is 6.46. The Morgan fingerprint density at radius 2 is 1.91 bits per heavy atom. The first-order valence-electron chi connectivity index (χ1n) is 8.12. The largest absolute Gasteiger partial charge is 0.342 e. The predicted octanol–water partition coefficient (Wildman–Crippen LogP) is 1.76. The van der Waals surface area contributed by atoms with Crippen LogP contribution in [-0.4, -0.2) is 33.7 Å². The highest BCUT2D eigenvalue weighted by Crippen LogP contribution is 2.24. The van der Waals surface area contributed by atoms with Gasteiger partial charge >= 0.3 is 0 Å². The fraction of sp³-hybridized carbons (Fsp3) is 0.588. The lowest BCUT2D eigenvalue weighted by Crippen LogP contribution is -2.42. The number of likely N-dealkylation sites (tertiary alicyclic amines) is 1. The molecule has 0 bridgehead atoms. The maximum atomic E-state index is 12.4. The van der Waals surface area contributed by atoms with Gasteiger partial charge in [-0.15, -0.1) is 0 Å². The molecule has 1 fully saturated rings. The van der Waals surface area contributed by atoms with Crippen LogP contribution in [-0.2, 0) is 11.3 Å². The number of aromatic nitrogens is 2. The average Bonchev–Trinajstić information content (AvgIpc) is 3.05. The van der Waals surface area contributed by atoms with Gasteiger partial charge in [0, 0.05) is 31.6 Å². The molecule has 1 aromatic rings. The van der Waals surface area contributed by atoms with Crippen LogP contribution in [0.4, 0.5) is 0 Å². The predicted molar refractivity (Wildman–Crippen MR) is 84.4 cm³/mol. The fourth-order valence-electron chi connectivity index (χ4n) is 3.34. The molecule has 0 radical (unpaired) electrons. The molecule has 0 atom stereocenters. The number of hydrogen-bond acceptors (Lipinski definition) is 3. The monoisotopic (exact) mass is 301 g/mol. The van der Waals surface area contributed by atoms with E-state index >= 15 is 0 Å². The van der Waals surface area contributed by atoms with E-state index in [1.165, 1.54) is 0 Å². The summed E-state index contributed by atoms with van der Waals surface area (Å²) in [4.78, 5) is 26.2. The maximum absolute atomic E-state index is 12.4. The van der Waals surface area contributed by atoms with Crippen LogP contribution < -0.4 is 5.56 Å². The second-order valence-corrected chi connectivity index (χ2v) is 6.40. The zero-order chi connectivity index (χ0) is 15.5. The summed E-state index contributed by atoms with van der Waals surface area (Å²) >= 11 is 0. The quantitative estimate of drug-likeness (QED) is 0.799. The van der Waals surface area contributed by atoms with E-state index in [1.54, 1.807) is 16.8 Å². The number of aryl methyl sites for hydroxylation is 1. The standard InChI is InChI=1S/C17H23N3O2/c1-13-6-7-16(21)20(18-13)12-14-8-10-19(11-9-14)17(22)15-4-2-3-5-15/h2-3,6-7,14-15H,4-5,8-12H2,1H3. The number of allylic oxidation sites excluding steroid dienone is 2. The average molecular weight is 301 g/mol. The van der Waals surface area contributed by atoms with Crippen LogP contribution in [0.1, 0.15) is 31.4 Å². The van der Waals surface area contributed by atoms with Crippen LogP contribution in [0.3, 0.4) is 0 Å². The topological polar surface area (TPSA) is 55.2 Å². The van der Waals surface area contributed by atoms with Crippen LogP contribution in [0, 0.1) is 18.8 Å². The van der Waals surface area contributed by atoms with E-state index in [4.69, 9.17) is 0 Å². The third-order valence-electron chi connectivity index (χ3n) is 4.71. The van der Waals surface area contributed by atoms with Crippen molar-refractivity contribution in [3.8, 4) is 0 Å². The molecule has 0 saturated carbocycles. The lowest BCUT2D eigenvalue weighted by molar-refractivity contribution is -0.136. The van der Waals surface area contributed by atoms with Gasteiger partial charge in [-0.2, -0.15) is 5.10 Å². The van der Waals surface area contributed by atoms with Gasteiger partial charge < -0.3 is 4.90 Å². The first-order chi connectivity index (χ1) is 10.6. The van der Waals surface area contributed by atoms with Crippen LogP contribution in [0.5, 0.6) is 0 Å². The van der Waals surface area contributed by atoms with E-state index in [-0.39, 0.29) is 11.5 Å². The minimum atomic E-state index is -0.0406. The Morgan fingerprint density at radius 1 is 1.23 bits per heavy atom. The molecule has 1 aliphatic heterocycles. The lowest BCUT2D eigenvalue weighted by atomic mass is 9.95. The maximum Gasteiger partial charge on any atom is 0.266 e. The zero-order valence-corrected chi connectivity index (χ0v) is 13.1. The number of nitrogens with zero attached hydrogens (tertiary/aromatic N) is 3. The van der Waals surface area contributed by atoms with Gasteiger partial charge in [-0.05, 0) is 44.6 Å². The van der Waals surface area contributed by atoms with Crippen molar-refractivity contribution >= 4 is 5.91 Å². The Morgan fingerprint density at radius 3 is 2.59 bits per heavy atom. The molecule has 0 aromatic carbocycles. The van der Waals surface area contributed by atoms with Gasteiger partial charge in [-0.25, -0.2) is 4.68 Å². The van der Waals surface area contributed by atoms with Crippen molar-refractivity contribution in [1.29, 1.82) is 0 Å². The minimum absolute atomic E-state index is 0.0406. The van der Waals surface area contributed by atoms with E-state index in [9.17, 15) is 9.59 Å². The number of hydrogen-bond donors (Lipinski definition) is 0. The molecule has 2 heterocycles. The SMILES string of the molecule is Cc1ccc(=O)n(CC2CCN(C(=O)C3CC=CC3)CC2)n1. The van der Waals surface area contributed by atoms with E-state index in [0.717, 1.165) is 44.5 Å². The van der Waals surface area contributed by atoms with Crippen molar-refractivity contribution in [3.05, 3.63) is 40.3 Å². The zero-order valence-electron chi connectivity index (χ0n) is 13.1. The van der Waals surface area contributed by atoms with Gasteiger partial charge in [0.2, 0.25) is 5.91 Å². The Bertz CT molecular complexity index is 619. The van der Waals surface area contributed by atoms with Crippen LogP contribution in [0.15, 0.2) is 29.1 Å². The highest BCUT2D eigenvalue weighted by Gasteiger charge is 2.28. The summed E-state index contributed by atoms with van der Waals surface area (Å²) < 4.78 is 1.57.